The standard InChI is InChI=1S/C8H15F2NO2S/c9-8(10)3-6-1-2-14(12,13)5-7(6)4-11/h6-8H,1-5,11H2. The molecule has 2 atom stereocenters. The number of hydrogen-bond acceptors (Lipinski definition) is 3. The molecule has 1 saturated heterocycles. The fraction of sp³-hybridized carbons (Fsp3) is 1.00. The van der Waals surface area contributed by atoms with Crippen LogP contribution in [0.5, 0.6) is 0 Å². The summed E-state index contributed by atoms with van der Waals surface area (Å²) >= 11 is 0. The highest BCUT2D eigenvalue weighted by molar-refractivity contribution is 7.91. The highest BCUT2D eigenvalue weighted by Crippen LogP contribution is 2.29. The number of alkyl halides is 2. The predicted octanol–water partition coefficient (Wildman–Crippen LogP) is 0.651. The van der Waals surface area contributed by atoms with Crippen LogP contribution in [0.25, 0.3) is 0 Å². The summed E-state index contributed by atoms with van der Waals surface area (Å²) in [6, 6.07) is 0. The second-order valence-electron chi connectivity index (χ2n) is 3.79. The lowest BCUT2D eigenvalue weighted by molar-refractivity contribution is 0.0986. The second-order valence-corrected chi connectivity index (χ2v) is 6.01. The van der Waals surface area contributed by atoms with Crippen molar-refractivity contribution in [2.45, 2.75) is 19.3 Å². The smallest absolute Gasteiger partial charge is 0.238 e. The van der Waals surface area contributed by atoms with E-state index in [2.05, 4.69) is 0 Å². The summed E-state index contributed by atoms with van der Waals surface area (Å²) in [6.07, 6.45) is -2.26. The quantitative estimate of drug-likeness (QED) is 0.770. The summed E-state index contributed by atoms with van der Waals surface area (Å²) in [7, 11) is -3.04. The van der Waals surface area contributed by atoms with E-state index in [9.17, 15) is 17.2 Å². The van der Waals surface area contributed by atoms with Crippen molar-refractivity contribution in [2.75, 3.05) is 18.1 Å². The van der Waals surface area contributed by atoms with E-state index in [4.69, 9.17) is 5.73 Å². The SMILES string of the molecule is NCC1CS(=O)(=O)CCC1CC(F)F. The molecule has 1 aliphatic heterocycles. The van der Waals surface area contributed by atoms with Gasteiger partial charge in [-0.1, -0.05) is 0 Å². The summed E-state index contributed by atoms with van der Waals surface area (Å²) in [5.74, 6) is -0.520. The molecule has 0 bridgehead atoms. The fourth-order valence-corrected chi connectivity index (χ4v) is 3.80. The fourth-order valence-electron chi connectivity index (χ4n) is 1.91. The van der Waals surface area contributed by atoms with E-state index in [1.54, 1.807) is 0 Å². The molecule has 14 heavy (non-hydrogen) atoms. The van der Waals surface area contributed by atoms with Crippen molar-refractivity contribution < 1.29 is 17.2 Å². The molecule has 0 aromatic heterocycles. The maximum Gasteiger partial charge on any atom is 0.238 e. The van der Waals surface area contributed by atoms with Crippen molar-refractivity contribution in [3.63, 3.8) is 0 Å². The summed E-state index contributed by atoms with van der Waals surface area (Å²) in [4.78, 5) is 0. The van der Waals surface area contributed by atoms with Crippen molar-refractivity contribution in [1.82, 2.24) is 0 Å². The molecule has 0 radical (unpaired) electrons. The van der Waals surface area contributed by atoms with Crippen molar-refractivity contribution in [2.24, 2.45) is 17.6 Å². The molecule has 0 aromatic carbocycles. The predicted molar refractivity (Wildman–Crippen MR) is 49.9 cm³/mol. The lowest BCUT2D eigenvalue weighted by atomic mass is 9.88. The highest BCUT2D eigenvalue weighted by atomic mass is 32.2. The minimum Gasteiger partial charge on any atom is -0.330 e. The zero-order valence-corrected chi connectivity index (χ0v) is 8.64. The number of hydrogen-bond donors (Lipinski definition) is 1. The van der Waals surface area contributed by atoms with Gasteiger partial charge in [0.2, 0.25) is 6.43 Å². The van der Waals surface area contributed by atoms with Gasteiger partial charge in [-0.3, -0.25) is 0 Å². The van der Waals surface area contributed by atoms with Gasteiger partial charge in [0, 0.05) is 6.42 Å². The van der Waals surface area contributed by atoms with E-state index in [1.807, 2.05) is 0 Å². The zero-order valence-electron chi connectivity index (χ0n) is 7.83. The molecule has 2 N–H and O–H groups in total. The lowest BCUT2D eigenvalue weighted by Crippen LogP contribution is -2.37. The van der Waals surface area contributed by atoms with Crippen molar-refractivity contribution in [3.8, 4) is 0 Å². The molecule has 0 aromatic rings. The van der Waals surface area contributed by atoms with Gasteiger partial charge < -0.3 is 5.73 Å². The Labute approximate surface area is 82.6 Å². The Kier molecular flexibility index (Phi) is 3.83. The van der Waals surface area contributed by atoms with Gasteiger partial charge in [0.25, 0.3) is 0 Å². The van der Waals surface area contributed by atoms with E-state index in [1.165, 1.54) is 0 Å². The Bertz CT molecular complexity index is 279. The Morgan fingerprint density at radius 3 is 2.50 bits per heavy atom. The molecule has 6 heteroatoms. The molecule has 0 spiro atoms. The largest absolute Gasteiger partial charge is 0.330 e. The molecule has 0 amide bonds. The van der Waals surface area contributed by atoms with E-state index in [0.29, 0.717) is 6.42 Å². The zero-order chi connectivity index (χ0) is 10.8. The maximum atomic E-state index is 12.1. The molecule has 0 aliphatic carbocycles. The Hall–Kier alpha value is -0.230. The van der Waals surface area contributed by atoms with Gasteiger partial charge in [0.1, 0.15) is 0 Å². The van der Waals surface area contributed by atoms with E-state index >= 15 is 0 Å². The van der Waals surface area contributed by atoms with Crippen molar-refractivity contribution in [1.29, 1.82) is 0 Å². The van der Waals surface area contributed by atoms with Gasteiger partial charge in [0.15, 0.2) is 9.84 Å². The minimum atomic E-state index is -3.04. The van der Waals surface area contributed by atoms with Crippen LogP contribution in [-0.4, -0.2) is 32.9 Å². The molecular weight excluding hydrogens is 212 g/mol. The van der Waals surface area contributed by atoms with Crippen LogP contribution < -0.4 is 5.73 Å². The van der Waals surface area contributed by atoms with E-state index < -0.39 is 16.3 Å². The Morgan fingerprint density at radius 2 is 2.00 bits per heavy atom. The molecule has 1 fully saturated rings. The maximum absolute atomic E-state index is 12.1. The summed E-state index contributed by atoms with van der Waals surface area (Å²) in [6.45, 7) is 0.177. The molecule has 1 aliphatic rings. The number of rotatable bonds is 3. The first-order chi connectivity index (χ1) is 6.44. The van der Waals surface area contributed by atoms with Crippen LogP contribution in [0, 0.1) is 11.8 Å². The first-order valence-corrected chi connectivity index (χ1v) is 6.45. The second kappa shape index (κ2) is 4.53. The van der Waals surface area contributed by atoms with Gasteiger partial charge in [0.05, 0.1) is 11.5 Å². The molecule has 1 rings (SSSR count). The normalized spacial score (nSPS) is 32.0. The van der Waals surface area contributed by atoms with Crippen LogP contribution >= 0.6 is 0 Å². The minimum absolute atomic E-state index is 0.0269. The molecule has 3 nitrogen and oxygen atoms in total. The van der Waals surface area contributed by atoms with Crippen molar-refractivity contribution in [3.05, 3.63) is 0 Å². The third kappa shape index (κ3) is 3.16. The highest BCUT2D eigenvalue weighted by Gasteiger charge is 2.33. The van der Waals surface area contributed by atoms with Crippen LogP contribution in [0.4, 0.5) is 8.78 Å². The lowest BCUT2D eigenvalue weighted by Gasteiger charge is -2.30. The average molecular weight is 227 g/mol. The molecule has 0 saturated carbocycles. The van der Waals surface area contributed by atoms with Gasteiger partial charge in [-0.2, -0.15) is 0 Å². The van der Waals surface area contributed by atoms with E-state index in [-0.39, 0.29) is 36.3 Å². The first-order valence-electron chi connectivity index (χ1n) is 4.63. The molecule has 2 unspecified atom stereocenters. The van der Waals surface area contributed by atoms with Crippen molar-refractivity contribution >= 4 is 9.84 Å². The summed E-state index contributed by atoms with van der Waals surface area (Å²) in [5.41, 5.74) is 5.38. The summed E-state index contributed by atoms with van der Waals surface area (Å²) < 4.78 is 46.7. The Balaban J connectivity index is 2.61. The third-order valence-corrected chi connectivity index (χ3v) is 4.51. The monoisotopic (exact) mass is 227 g/mol. The van der Waals surface area contributed by atoms with Gasteiger partial charge in [-0.25, -0.2) is 17.2 Å². The van der Waals surface area contributed by atoms with Gasteiger partial charge >= 0.3 is 0 Å². The van der Waals surface area contributed by atoms with Crippen LogP contribution in [0.1, 0.15) is 12.8 Å². The first kappa shape index (κ1) is 11.8. The average Bonchev–Trinajstić information content (AvgIpc) is 2.07. The Morgan fingerprint density at radius 1 is 1.36 bits per heavy atom. The van der Waals surface area contributed by atoms with Crippen LogP contribution in [0.2, 0.25) is 0 Å². The van der Waals surface area contributed by atoms with E-state index in [0.717, 1.165) is 0 Å². The molecule has 84 valence electrons. The topological polar surface area (TPSA) is 60.2 Å². The molecular formula is C8H15F2NO2S. The van der Waals surface area contributed by atoms with Crippen LogP contribution in [0.15, 0.2) is 0 Å². The third-order valence-electron chi connectivity index (χ3n) is 2.72. The van der Waals surface area contributed by atoms with Gasteiger partial charge in [-0.05, 0) is 24.8 Å². The van der Waals surface area contributed by atoms with Gasteiger partial charge in [-0.15, -0.1) is 0 Å². The number of sulfone groups is 1. The molecule has 1 heterocycles. The van der Waals surface area contributed by atoms with Crippen LogP contribution in [-0.2, 0) is 9.84 Å². The van der Waals surface area contributed by atoms with Crippen LogP contribution in [0.3, 0.4) is 0 Å². The number of nitrogens with two attached hydrogens (primary N) is 1. The summed E-state index contributed by atoms with van der Waals surface area (Å²) in [5, 5.41) is 0. The number of halogens is 2.